The van der Waals surface area contributed by atoms with Crippen molar-refractivity contribution in [3.8, 4) is 55.6 Å². The maximum absolute atomic E-state index is 7.00. The third-order valence-electron chi connectivity index (χ3n) is 16.0. The normalized spacial score (nSPS) is 12.1. The van der Waals surface area contributed by atoms with Gasteiger partial charge in [-0.1, -0.05) is 224 Å². The largest absolute Gasteiger partial charge is 0.456 e. The lowest BCUT2D eigenvalue weighted by molar-refractivity contribution is 0.669. The van der Waals surface area contributed by atoms with E-state index in [4.69, 9.17) is 4.42 Å². The molecule has 0 saturated heterocycles. The topological polar surface area (TPSA) is 28.9 Å². The molecule has 2 heterocycles. The molecule has 0 aliphatic rings. The van der Waals surface area contributed by atoms with Crippen LogP contribution in [0.15, 0.2) is 259 Å². The van der Waals surface area contributed by atoms with E-state index in [-0.39, 0.29) is 0 Å². The molecular weight excluding hydrogens is 895 g/mol. The van der Waals surface area contributed by atoms with Crippen LogP contribution in [-0.4, -0.2) is 4.98 Å². The minimum Gasteiger partial charge on any atom is -0.456 e. The molecule has 74 heavy (non-hydrogen) atoms. The van der Waals surface area contributed by atoms with Crippen molar-refractivity contribution in [2.75, 3.05) is 0 Å². The van der Waals surface area contributed by atoms with Crippen molar-refractivity contribution >= 4 is 108 Å². The van der Waals surface area contributed by atoms with Crippen molar-refractivity contribution in [1.29, 1.82) is 0 Å². The number of rotatable bonds is 5. The van der Waals surface area contributed by atoms with E-state index < -0.39 is 0 Å². The summed E-state index contributed by atoms with van der Waals surface area (Å²) in [5.74, 6) is 0. The van der Waals surface area contributed by atoms with E-state index in [9.17, 15) is 0 Å². The molecule has 0 spiro atoms. The zero-order chi connectivity index (χ0) is 48.4. The molecule has 0 bridgehead atoms. The molecule has 16 aromatic rings. The van der Waals surface area contributed by atoms with Crippen LogP contribution >= 0.6 is 0 Å². The van der Waals surface area contributed by atoms with Crippen molar-refractivity contribution in [1.82, 2.24) is 4.98 Å². The first kappa shape index (κ1) is 40.9. The average molecular weight is 938 g/mol. The van der Waals surface area contributed by atoms with E-state index in [1.54, 1.807) is 0 Å². The van der Waals surface area contributed by atoms with Crippen molar-refractivity contribution in [2.24, 2.45) is 0 Å². The summed E-state index contributed by atoms with van der Waals surface area (Å²) in [6.45, 7) is 0. The van der Waals surface area contributed by atoms with Crippen molar-refractivity contribution in [2.45, 2.75) is 0 Å². The Morgan fingerprint density at radius 2 is 0.716 bits per heavy atom. The summed E-state index contributed by atoms with van der Waals surface area (Å²) in [5, 5.41) is 19.3. The molecule has 0 aliphatic carbocycles. The zero-order valence-electron chi connectivity index (χ0n) is 40.2. The number of benzene rings is 14. The van der Waals surface area contributed by atoms with Gasteiger partial charge in [0, 0.05) is 49.3 Å². The molecule has 14 aromatic carbocycles. The number of H-pyrrole nitrogens is 1. The second-order valence-electron chi connectivity index (χ2n) is 19.8. The van der Waals surface area contributed by atoms with Gasteiger partial charge in [-0.2, -0.15) is 0 Å². The number of para-hydroxylation sites is 3. The Labute approximate surface area is 426 Å². The van der Waals surface area contributed by atoms with E-state index in [1.807, 2.05) is 0 Å². The molecule has 1 N–H and O–H groups in total. The van der Waals surface area contributed by atoms with Gasteiger partial charge < -0.3 is 9.40 Å². The highest BCUT2D eigenvalue weighted by molar-refractivity contribution is 6.36. The van der Waals surface area contributed by atoms with Crippen LogP contribution in [0.1, 0.15) is 0 Å². The van der Waals surface area contributed by atoms with Crippen LogP contribution in [0.2, 0.25) is 0 Å². The fourth-order valence-corrected chi connectivity index (χ4v) is 13.0. The summed E-state index contributed by atoms with van der Waals surface area (Å²) in [4.78, 5) is 4.03. The second-order valence-corrected chi connectivity index (χ2v) is 19.8. The van der Waals surface area contributed by atoms with Gasteiger partial charge in [0.05, 0.1) is 5.52 Å². The Bertz CT molecular complexity index is 4970. The fraction of sp³-hybridized carbons (Fsp3) is 0. The van der Waals surface area contributed by atoms with Gasteiger partial charge in [-0.25, -0.2) is 0 Å². The predicted molar refractivity (Wildman–Crippen MR) is 315 cm³/mol. The van der Waals surface area contributed by atoms with E-state index in [2.05, 4.69) is 260 Å². The lowest BCUT2D eigenvalue weighted by Crippen LogP contribution is -1.99. The zero-order valence-corrected chi connectivity index (χ0v) is 40.2. The molecule has 2 nitrogen and oxygen atoms in total. The van der Waals surface area contributed by atoms with Gasteiger partial charge in [-0.3, -0.25) is 0 Å². The van der Waals surface area contributed by atoms with E-state index in [1.165, 1.54) is 97.7 Å². The van der Waals surface area contributed by atoms with Gasteiger partial charge in [-0.05, 0) is 128 Å². The van der Waals surface area contributed by atoms with Crippen LogP contribution in [-0.2, 0) is 0 Å². The first-order chi connectivity index (χ1) is 36.8. The Morgan fingerprint density at radius 1 is 0.230 bits per heavy atom. The summed E-state index contributed by atoms with van der Waals surface area (Å²) >= 11 is 0. The number of aromatic nitrogens is 1. The molecule has 0 atom stereocenters. The molecule has 342 valence electrons. The van der Waals surface area contributed by atoms with Crippen molar-refractivity contribution in [3.05, 3.63) is 255 Å². The first-order valence-corrected chi connectivity index (χ1v) is 25.6. The highest BCUT2D eigenvalue weighted by atomic mass is 16.3. The fourth-order valence-electron chi connectivity index (χ4n) is 13.0. The maximum atomic E-state index is 7.00. The van der Waals surface area contributed by atoms with Gasteiger partial charge in [-0.15, -0.1) is 0 Å². The summed E-state index contributed by atoms with van der Waals surface area (Å²) in [6.07, 6.45) is 0. The minimum absolute atomic E-state index is 0.850. The molecule has 0 unspecified atom stereocenters. The highest BCUT2D eigenvalue weighted by Gasteiger charge is 2.30. The number of fused-ring (bicyclic) bond motifs is 18. The highest BCUT2D eigenvalue weighted by Crippen LogP contribution is 2.56. The van der Waals surface area contributed by atoms with Crippen molar-refractivity contribution in [3.63, 3.8) is 0 Å². The summed E-state index contributed by atoms with van der Waals surface area (Å²) in [5.41, 5.74) is 15.5. The standard InChI is InChI=1S/C72H43NO/c1-2-20-43(21-3-1)44-22-4-5-23-45(44)57-40-41-65-69(59-33-15-17-39-64(59)74-65)70(57)71-67-55-32-13-11-28-50(55)47-25-7-9-29-51(47)61(67)42-62(68(71)60-37-19-36-58-52-30-14-16-38-63(52)73-72(58)60)56-35-18-34-54-49-26-8-6-24-46(49)48-27-10-12-31-53(48)66(54)56/h1-42,73H. The van der Waals surface area contributed by atoms with E-state index >= 15 is 0 Å². The van der Waals surface area contributed by atoms with Crippen LogP contribution in [0.5, 0.6) is 0 Å². The molecule has 2 aromatic heterocycles. The third kappa shape index (κ3) is 5.82. The molecule has 0 radical (unpaired) electrons. The van der Waals surface area contributed by atoms with E-state index in [0.717, 1.165) is 66.4 Å². The Morgan fingerprint density at radius 3 is 1.41 bits per heavy atom. The van der Waals surface area contributed by atoms with Gasteiger partial charge in [0.25, 0.3) is 0 Å². The predicted octanol–water partition coefficient (Wildman–Crippen LogP) is 20.5. The Balaban J connectivity index is 1.22. The lowest BCUT2D eigenvalue weighted by Gasteiger charge is -2.26. The van der Waals surface area contributed by atoms with Crippen molar-refractivity contribution < 1.29 is 4.42 Å². The Kier molecular flexibility index (Phi) is 8.78. The van der Waals surface area contributed by atoms with Gasteiger partial charge >= 0.3 is 0 Å². The van der Waals surface area contributed by atoms with E-state index in [0.29, 0.717) is 0 Å². The molecular formula is C72H43NO. The van der Waals surface area contributed by atoms with Gasteiger partial charge in [0.2, 0.25) is 0 Å². The molecule has 0 aliphatic heterocycles. The molecule has 16 rings (SSSR count). The SMILES string of the molecule is c1ccc(-c2ccccc2-c2ccc3oc4ccccc4c3c2-c2c(-c3cccc4c3[nH]c3ccccc34)c(-c3cccc4c5ccccc5c5ccccc5c34)cc3c4ccccc4c4ccccc4c23)cc1. The van der Waals surface area contributed by atoms with Gasteiger partial charge in [0.1, 0.15) is 11.2 Å². The van der Waals surface area contributed by atoms with Crippen LogP contribution < -0.4 is 0 Å². The average Bonchev–Trinajstić information content (AvgIpc) is 4.06. The maximum Gasteiger partial charge on any atom is 0.136 e. The number of furan rings is 1. The minimum atomic E-state index is 0.850. The summed E-state index contributed by atoms with van der Waals surface area (Å²) in [6, 6.07) is 94.2. The quantitative estimate of drug-likeness (QED) is 0.171. The molecule has 2 heteroatoms. The Hall–Kier alpha value is -9.76. The van der Waals surface area contributed by atoms with Crippen LogP contribution in [0.25, 0.3) is 164 Å². The number of aromatic amines is 1. The summed E-state index contributed by atoms with van der Waals surface area (Å²) in [7, 11) is 0. The lowest BCUT2D eigenvalue weighted by atomic mass is 9.76. The smallest absolute Gasteiger partial charge is 0.136 e. The van der Waals surface area contributed by atoms with Crippen LogP contribution in [0.3, 0.4) is 0 Å². The molecule has 0 fully saturated rings. The second kappa shape index (κ2) is 15.9. The molecule has 0 saturated carbocycles. The number of hydrogen-bond donors (Lipinski definition) is 1. The monoisotopic (exact) mass is 937 g/mol. The van der Waals surface area contributed by atoms with Crippen LogP contribution in [0.4, 0.5) is 0 Å². The number of nitrogens with one attached hydrogen (secondary N) is 1. The van der Waals surface area contributed by atoms with Gasteiger partial charge in [0.15, 0.2) is 0 Å². The first-order valence-electron chi connectivity index (χ1n) is 25.6. The third-order valence-corrected chi connectivity index (χ3v) is 16.0. The number of hydrogen-bond acceptors (Lipinski definition) is 1. The summed E-state index contributed by atoms with van der Waals surface area (Å²) < 4.78 is 7.00. The van der Waals surface area contributed by atoms with Crippen LogP contribution in [0, 0.1) is 0 Å². The molecule has 0 amide bonds.